The second kappa shape index (κ2) is 7.75. The Kier molecular flexibility index (Phi) is 5.56. The Morgan fingerprint density at radius 3 is 2.61 bits per heavy atom. The van der Waals surface area contributed by atoms with Gasteiger partial charge >= 0.3 is 0 Å². The predicted molar refractivity (Wildman–Crippen MR) is 111 cm³/mol. The first-order valence-corrected chi connectivity index (χ1v) is 11.2. The van der Waals surface area contributed by atoms with Crippen LogP contribution in [0.4, 0.5) is 0 Å². The van der Waals surface area contributed by atoms with Crippen molar-refractivity contribution in [3.05, 3.63) is 65.0 Å². The summed E-state index contributed by atoms with van der Waals surface area (Å²) in [7, 11) is -3.27. The maximum Gasteiger partial charge on any atom is 0.240 e. The fourth-order valence-electron chi connectivity index (χ4n) is 3.38. The van der Waals surface area contributed by atoms with Crippen LogP contribution < -0.4 is 5.32 Å². The molecule has 1 aromatic heterocycles. The number of imidazole rings is 1. The molecule has 1 amide bonds. The highest BCUT2D eigenvalue weighted by molar-refractivity contribution is 7.89. The molecule has 6 nitrogen and oxygen atoms in total. The number of aryl methyl sites for hydroxylation is 2. The summed E-state index contributed by atoms with van der Waals surface area (Å²) in [6.07, 6.45) is 1.17. The topological polar surface area (TPSA) is 81.1 Å². The van der Waals surface area contributed by atoms with Crippen molar-refractivity contribution in [3.8, 4) is 0 Å². The van der Waals surface area contributed by atoms with Gasteiger partial charge in [-0.2, -0.15) is 0 Å². The minimum Gasteiger partial charge on any atom is -0.348 e. The van der Waals surface area contributed by atoms with E-state index in [9.17, 15) is 13.2 Å². The number of nitrogens with one attached hydrogen (secondary N) is 1. The van der Waals surface area contributed by atoms with Crippen molar-refractivity contribution < 1.29 is 13.2 Å². The third kappa shape index (κ3) is 4.59. The second-order valence-electron chi connectivity index (χ2n) is 7.32. The van der Waals surface area contributed by atoms with E-state index in [1.807, 2.05) is 57.2 Å². The molecule has 3 aromatic rings. The second-order valence-corrected chi connectivity index (χ2v) is 9.46. The van der Waals surface area contributed by atoms with Gasteiger partial charge in [0.15, 0.2) is 9.84 Å². The summed E-state index contributed by atoms with van der Waals surface area (Å²) in [6, 6.07) is 13.4. The van der Waals surface area contributed by atoms with E-state index >= 15 is 0 Å². The third-order valence-corrected chi connectivity index (χ3v) is 5.49. The van der Waals surface area contributed by atoms with Gasteiger partial charge in [-0.25, -0.2) is 13.4 Å². The molecule has 0 aliphatic rings. The van der Waals surface area contributed by atoms with Crippen molar-refractivity contribution in [2.75, 3.05) is 6.26 Å². The predicted octanol–water partition coefficient (Wildman–Crippen LogP) is 3.08. The van der Waals surface area contributed by atoms with E-state index in [2.05, 4.69) is 16.4 Å². The first kappa shape index (κ1) is 20.1. The molecule has 148 valence electrons. The normalized spacial score (nSPS) is 12.9. The van der Waals surface area contributed by atoms with Gasteiger partial charge in [-0.15, -0.1) is 0 Å². The fraction of sp³-hybridized carbons (Fsp3) is 0.333. The summed E-state index contributed by atoms with van der Waals surface area (Å²) in [5.41, 5.74) is 4.74. The molecule has 0 spiro atoms. The summed E-state index contributed by atoms with van der Waals surface area (Å²) in [6.45, 7) is 6.00. The quantitative estimate of drug-likeness (QED) is 0.691. The van der Waals surface area contributed by atoms with Gasteiger partial charge in [-0.05, 0) is 44.0 Å². The fourth-order valence-corrected chi connectivity index (χ4v) is 4.07. The molecule has 0 aliphatic heterocycles. The Morgan fingerprint density at radius 2 is 1.89 bits per heavy atom. The highest BCUT2D eigenvalue weighted by Crippen LogP contribution is 2.20. The molecule has 1 atom stereocenters. The van der Waals surface area contributed by atoms with Gasteiger partial charge in [0, 0.05) is 6.26 Å². The van der Waals surface area contributed by atoms with Crippen molar-refractivity contribution in [1.29, 1.82) is 0 Å². The number of hydrogen-bond donors (Lipinski definition) is 1. The number of fused-ring (bicyclic) bond motifs is 1. The standard InChI is InChI=1S/C21H25N3O3S/c1-14-9-10-15(2)17(11-14)16(3)22-21(25)12-24-19-8-6-5-7-18(19)23-20(24)13-28(4,26)27/h5-11,16H,12-13H2,1-4H3,(H,22,25)/t16-/m1/s1. The first-order chi connectivity index (χ1) is 13.1. The number of aromatic nitrogens is 2. The van der Waals surface area contributed by atoms with Crippen LogP contribution in [-0.2, 0) is 26.9 Å². The van der Waals surface area contributed by atoms with Crippen LogP contribution in [0.1, 0.15) is 35.5 Å². The van der Waals surface area contributed by atoms with Crippen LogP contribution >= 0.6 is 0 Å². The van der Waals surface area contributed by atoms with Crippen LogP contribution in [0.5, 0.6) is 0 Å². The summed E-state index contributed by atoms with van der Waals surface area (Å²) < 4.78 is 25.3. The van der Waals surface area contributed by atoms with E-state index in [-0.39, 0.29) is 24.2 Å². The van der Waals surface area contributed by atoms with Crippen molar-refractivity contribution in [3.63, 3.8) is 0 Å². The van der Waals surface area contributed by atoms with Crippen LogP contribution in [0.2, 0.25) is 0 Å². The molecule has 1 N–H and O–H groups in total. The smallest absolute Gasteiger partial charge is 0.240 e. The summed E-state index contributed by atoms with van der Waals surface area (Å²) >= 11 is 0. The van der Waals surface area contributed by atoms with Crippen LogP contribution in [-0.4, -0.2) is 30.1 Å². The summed E-state index contributed by atoms with van der Waals surface area (Å²) in [4.78, 5) is 17.2. The maximum atomic E-state index is 12.7. The minimum atomic E-state index is -3.27. The SMILES string of the molecule is Cc1ccc(C)c([C@@H](C)NC(=O)Cn2c(CS(C)(=O)=O)nc3ccccc32)c1. The average Bonchev–Trinajstić information content (AvgIpc) is 2.92. The Labute approximate surface area is 165 Å². The zero-order valence-electron chi connectivity index (χ0n) is 16.6. The van der Waals surface area contributed by atoms with Crippen LogP contribution in [0.3, 0.4) is 0 Å². The van der Waals surface area contributed by atoms with Crippen molar-refractivity contribution in [1.82, 2.24) is 14.9 Å². The number of sulfone groups is 1. The van der Waals surface area contributed by atoms with Gasteiger partial charge in [0.2, 0.25) is 5.91 Å². The van der Waals surface area contributed by atoms with Gasteiger partial charge < -0.3 is 9.88 Å². The number of rotatable bonds is 6. The molecule has 0 saturated heterocycles. The highest BCUT2D eigenvalue weighted by atomic mass is 32.2. The molecular formula is C21H25N3O3S. The lowest BCUT2D eigenvalue weighted by Crippen LogP contribution is -2.31. The van der Waals surface area contributed by atoms with E-state index in [1.54, 1.807) is 4.57 Å². The molecule has 0 fully saturated rings. The van der Waals surface area contributed by atoms with Gasteiger partial charge in [0.1, 0.15) is 18.1 Å². The number of amides is 1. The van der Waals surface area contributed by atoms with Crippen molar-refractivity contribution in [2.24, 2.45) is 0 Å². The van der Waals surface area contributed by atoms with Crippen molar-refractivity contribution in [2.45, 2.75) is 39.1 Å². The van der Waals surface area contributed by atoms with Gasteiger partial charge in [-0.3, -0.25) is 4.79 Å². The van der Waals surface area contributed by atoms with Crippen molar-refractivity contribution >= 4 is 26.8 Å². The van der Waals surface area contributed by atoms with Crippen LogP contribution in [0.25, 0.3) is 11.0 Å². The van der Waals surface area contributed by atoms with E-state index in [1.165, 1.54) is 6.26 Å². The van der Waals surface area contributed by atoms with E-state index < -0.39 is 9.84 Å². The molecule has 7 heteroatoms. The molecule has 0 saturated carbocycles. The average molecular weight is 400 g/mol. The number of benzene rings is 2. The van der Waals surface area contributed by atoms with Gasteiger partial charge in [-0.1, -0.05) is 35.9 Å². The molecule has 1 heterocycles. The molecule has 2 aromatic carbocycles. The molecule has 0 bridgehead atoms. The zero-order chi connectivity index (χ0) is 20.5. The summed E-state index contributed by atoms with van der Waals surface area (Å²) in [5, 5.41) is 3.02. The molecule has 0 radical (unpaired) electrons. The Balaban J connectivity index is 1.86. The van der Waals surface area contributed by atoms with Crippen LogP contribution in [0, 0.1) is 13.8 Å². The molecular weight excluding hydrogens is 374 g/mol. The number of nitrogens with zero attached hydrogens (tertiary/aromatic N) is 2. The van der Waals surface area contributed by atoms with Gasteiger partial charge in [0.25, 0.3) is 0 Å². The summed E-state index contributed by atoms with van der Waals surface area (Å²) in [5.74, 6) is -0.0221. The lowest BCUT2D eigenvalue weighted by Gasteiger charge is -2.18. The Morgan fingerprint density at radius 1 is 1.18 bits per heavy atom. The van der Waals surface area contributed by atoms with E-state index in [0.717, 1.165) is 22.2 Å². The van der Waals surface area contributed by atoms with E-state index in [0.29, 0.717) is 11.3 Å². The number of hydrogen-bond acceptors (Lipinski definition) is 4. The molecule has 0 unspecified atom stereocenters. The monoisotopic (exact) mass is 399 g/mol. The van der Waals surface area contributed by atoms with Gasteiger partial charge in [0.05, 0.1) is 17.1 Å². The largest absolute Gasteiger partial charge is 0.348 e. The Bertz CT molecular complexity index is 1130. The molecule has 28 heavy (non-hydrogen) atoms. The first-order valence-electron chi connectivity index (χ1n) is 9.12. The third-order valence-electron chi connectivity index (χ3n) is 4.71. The maximum absolute atomic E-state index is 12.7. The lowest BCUT2D eigenvalue weighted by molar-refractivity contribution is -0.122. The number of carbonyl (C=O) groups excluding carboxylic acids is 1. The molecule has 0 aliphatic carbocycles. The van der Waals surface area contributed by atoms with Crippen LogP contribution in [0.15, 0.2) is 42.5 Å². The highest BCUT2D eigenvalue weighted by Gasteiger charge is 2.19. The number of para-hydroxylation sites is 2. The number of carbonyl (C=O) groups is 1. The minimum absolute atomic E-state index is 0.0145. The van der Waals surface area contributed by atoms with E-state index in [4.69, 9.17) is 0 Å². The lowest BCUT2D eigenvalue weighted by atomic mass is 10.00. The molecule has 3 rings (SSSR count). The Hall–Kier alpha value is -2.67. The zero-order valence-corrected chi connectivity index (χ0v) is 17.4.